The molecule has 1 saturated heterocycles. The van der Waals surface area contributed by atoms with Crippen LogP contribution >= 0.6 is 35.6 Å². The zero-order chi connectivity index (χ0) is 19.5. The molecule has 0 bridgehead atoms. The zero-order valence-electron chi connectivity index (χ0n) is 14.8. The molecule has 3 aromatic rings. The quantitative estimate of drug-likeness (QED) is 0.368. The SMILES string of the molecule is O=C1/C(=C/c2ccc(-c3ccccc3Cl)o2)SC(=S)N1CCc1ccccc1. The van der Waals surface area contributed by atoms with Gasteiger partial charge in [-0.1, -0.05) is 78.0 Å². The van der Waals surface area contributed by atoms with Gasteiger partial charge < -0.3 is 4.42 Å². The predicted molar refractivity (Wildman–Crippen MR) is 119 cm³/mol. The first-order chi connectivity index (χ1) is 13.6. The van der Waals surface area contributed by atoms with Crippen LogP contribution in [0.15, 0.2) is 76.1 Å². The van der Waals surface area contributed by atoms with Gasteiger partial charge in [0.15, 0.2) is 0 Å². The molecule has 0 atom stereocenters. The molecule has 0 unspecified atom stereocenters. The van der Waals surface area contributed by atoms with Crippen LogP contribution in [-0.4, -0.2) is 21.7 Å². The molecule has 0 radical (unpaired) electrons. The number of amides is 1. The largest absolute Gasteiger partial charge is 0.457 e. The summed E-state index contributed by atoms with van der Waals surface area (Å²) in [5.41, 5.74) is 2.00. The van der Waals surface area contributed by atoms with Crippen LogP contribution in [0.3, 0.4) is 0 Å². The Labute approximate surface area is 178 Å². The monoisotopic (exact) mass is 425 g/mol. The summed E-state index contributed by atoms with van der Waals surface area (Å²) >= 11 is 12.9. The molecule has 1 aliphatic rings. The minimum absolute atomic E-state index is 0.0818. The van der Waals surface area contributed by atoms with Crippen molar-refractivity contribution in [3.63, 3.8) is 0 Å². The van der Waals surface area contributed by atoms with E-state index in [1.54, 1.807) is 11.0 Å². The summed E-state index contributed by atoms with van der Waals surface area (Å²) in [5.74, 6) is 1.18. The molecular formula is C22H16ClNO2S2. The summed E-state index contributed by atoms with van der Waals surface area (Å²) in [6, 6.07) is 21.2. The smallest absolute Gasteiger partial charge is 0.266 e. The molecule has 1 aromatic heterocycles. The van der Waals surface area contributed by atoms with E-state index < -0.39 is 0 Å². The zero-order valence-corrected chi connectivity index (χ0v) is 17.2. The normalized spacial score (nSPS) is 15.6. The van der Waals surface area contributed by atoms with Crippen molar-refractivity contribution in [3.8, 4) is 11.3 Å². The van der Waals surface area contributed by atoms with E-state index in [2.05, 4.69) is 0 Å². The Morgan fingerprint density at radius 2 is 1.79 bits per heavy atom. The Bertz CT molecular complexity index is 1060. The molecule has 140 valence electrons. The first kappa shape index (κ1) is 19.0. The molecule has 2 aromatic carbocycles. The van der Waals surface area contributed by atoms with E-state index >= 15 is 0 Å². The maximum atomic E-state index is 12.8. The third kappa shape index (κ3) is 4.07. The van der Waals surface area contributed by atoms with Crippen LogP contribution < -0.4 is 0 Å². The number of nitrogens with zero attached hydrogens (tertiary/aromatic N) is 1. The van der Waals surface area contributed by atoms with E-state index in [-0.39, 0.29) is 5.91 Å². The highest BCUT2D eigenvalue weighted by Crippen LogP contribution is 2.34. The average Bonchev–Trinajstić information content (AvgIpc) is 3.26. The van der Waals surface area contributed by atoms with Crippen molar-refractivity contribution in [2.45, 2.75) is 6.42 Å². The summed E-state index contributed by atoms with van der Waals surface area (Å²) in [5, 5.41) is 0.621. The van der Waals surface area contributed by atoms with Gasteiger partial charge in [-0.3, -0.25) is 9.69 Å². The lowest BCUT2D eigenvalue weighted by Crippen LogP contribution is -2.30. The third-order valence-electron chi connectivity index (χ3n) is 4.38. The van der Waals surface area contributed by atoms with Gasteiger partial charge in [-0.2, -0.15) is 0 Å². The van der Waals surface area contributed by atoms with Crippen LogP contribution in [0.2, 0.25) is 5.02 Å². The molecule has 4 rings (SSSR count). The highest BCUT2D eigenvalue weighted by atomic mass is 35.5. The van der Waals surface area contributed by atoms with E-state index in [1.807, 2.05) is 66.7 Å². The van der Waals surface area contributed by atoms with Gasteiger partial charge in [-0.25, -0.2) is 0 Å². The number of halogens is 1. The first-order valence-electron chi connectivity index (χ1n) is 8.76. The highest BCUT2D eigenvalue weighted by Gasteiger charge is 2.31. The first-order valence-corrected chi connectivity index (χ1v) is 10.4. The van der Waals surface area contributed by atoms with Gasteiger partial charge in [0.05, 0.1) is 9.93 Å². The van der Waals surface area contributed by atoms with E-state index in [0.29, 0.717) is 32.3 Å². The van der Waals surface area contributed by atoms with Gasteiger partial charge in [0.2, 0.25) is 0 Å². The lowest BCUT2D eigenvalue weighted by atomic mass is 10.1. The van der Waals surface area contributed by atoms with Crippen LogP contribution in [0.1, 0.15) is 11.3 Å². The molecule has 28 heavy (non-hydrogen) atoms. The van der Waals surface area contributed by atoms with Crippen molar-refractivity contribution in [2.24, 2.45) is 0 Å². The molecule has 1 amide bonds. The molecule has 6 heteroatoms. The Hall–Kier alpha value is -2.34. The van der Waals surface area contributed by atoms with Gasteiger partial charge in [-0.05, 0) is 36.2 Å². The molecule has 1 aliphatic heterocycles. The van der Waals surface area contributed by atoms with E-state index in [1.165, 1.54) is 17.3 Å². The van der Waals surface area contributed by atoms with Gasteiger partial charge >= 0.3 is 0 Å². The van der Waals surface area contributed by atoms with Crippen LogP contribution in [0.5, 0.6) is 0 Å². The number of thioether (sulfide) groups is 1. The maximum absolute atomic E-state index is 12.8. The van der Waals surface area contributed by atoms with Crippen molar-refractivity contribution >= 4 is 51.9 Å². The van der Waals surface area contributed by atoms with Crippen LogP contribution in [0.25, 0.3) is 17.4 Å². The van der Waals surface area contributed by atoms with Crippen molar-refractivity contribution < 1.29 is 9.21 Å². The summed E-state index contributed by atoms with van der Waals surface area (Å²) in [6.45, 7) is 0.565. The average molecular weight is 426 g/mol. The highest BCUT2D eigenvalue weighted by molar-refractivity contribution is 8.26. The summed E-state index contributed by atoms with van der Waals surface area (Å²) in [7, 11) is 0. The van der Waals surface area contributed by atoms with Gasteiger partial charge in [0.1, 0.15) is 15.8 Å². The van der Waals surface area contributed by atoms with Crippen molar-refractivity contribution in [1.29, 1.82) is 0 Å². The second-order valence-corrected chi connectivity index (χ2v) is 8.33. The van der Waals surface area contributed by atoms with Gasteiger partial charge in [0.25, 0.3) is 5.91 Å². The predicted octanol–water partition coefficient (Wildman–Crippen LogP) is 6.04. The molecule has 0 aliphatic carbocycles. The van der Waals surface area contributed by atoms with Crippen molar-refractivity contribution in [2.75, 3.05) is 6.54 Å². The Morgan fingerprint density at radius 3 is 2.57 bits per heavy atom. The summed E-state index contributed by atoms with van der Waals surface area (Å²) < 4.78 is 6.45. The molecule has 2 heterocycles. The topological polar surface area (TPSA) is 33.5 Å². The molecular weight excluding hydrogens is 410 g/mol. The lowest BCUT2D eigenvalue weighted by Gasteiger charge is -2.14. The second-order valence-electron chi connectivity index (χ2n) is 6.25. The fourth-order valence-corrected chi connectivity index (χ4v) is 4.46. The number of carbonyl (C=O) groups excluding carboxylic acids is 1. The molecule has 0 spiro atoms. The Kier molecular flexibility index (Phi) is 5.67. The standard InChI is InChI=1S/C22H16ClNO2S2/c23-18-9-5-4-8-17(18)19-11-10-16(26-19)14-20-21(25)24(22(27)28-20)13-12-15-6-2-1-3-7-15/h1-11,14H,12-13H2/b20-14-. The fourth-order valence-electron chi connectivity index (χ4n) is 2.94. The minimum Gasteiger partial charge on any atom is -0.457 e. The van der Waals surface area contributed by atoms with Crippen LogP contribution in [0.4, 0.5) is 0 Å². The number of rotatable bonds is 5. The fraction of sp³-hybridized carbons (Fsp3) is 0.0909. The van der Waals surface area contributed by atoms with Gasteiger partial charge in [0, 0.05) is 18.2 Å². The minimum atomic E-state index is -0.0818. The molecule has 0 saturated carbocycles. The molecule has 3 nitrogen and oxygen atoms in total. The number of carbonyl (C=O) groups is 1. The van der Waals surface area contributed by atoms with Gasteiger partial charge in [-0.15, -0.1) is 0 Å². The number of furan rings is 1. The Balaban J connectivity index is 1.49. The van der Waals surface area contributed by atoms with E-state index in [9.17, 15) is 4.79 Å². The van der Waals surface area contributed by atoms with Crippen molar-refractivity contribution in [3.05, 3.63) is 88.0 Å². The number of hydrogen-bond donors (Lipinski definition) is 0. The second kappa shape index (κ2) is 8.35. The van der Waals surface area contributed by atoms with Crippen LogP contribution in [0, 0.1) is 0 Å². The number of hydrogen-bond acceptors (Lipinski definition) is 4. The van der Waals surface area contributed by atoms with E-state index in [4.69, 9.17) is 28.2 Å². The molecule has 1 fully saturated rings. The third-order valence-corrected chi connectivity index (χ3v) is 6.09. The summed E-state index contributed by atoms with van der Waals surface area (Å²) in [4.78, 5) is 15.0. The number of thiocarbonyl (C=S) groups is 1. The van der Waals surface area contributed by atoms with Crippen LogP contribution in [-0.2, 0) is 11.2 Å². The lowest BCUT2D eigenvalue weighted by molar-refractivity contribution is -0.122. The van der Waals surface area contributed by atoms with E-state index in [0.717, 1.165) is 12.0 Å². The maximum Gasteiger partial charge on any atom is 0.266 e. The Morgan fingerprint density at radius 1 is 1.04 bits per heavy atom. The summed E-state index contributed by atoms with van der Waals surface area (Å²) in [6.07, 6.45) is 2.50. The van der Waals surface area contributed by atoms with Crippen molar-refractivity contribution in [1.82, 2.24) is 4.90 Å². The molecule has 0 N–H and O–H groups in total. The number of benzene rings is 2.